The van der Waals surface area contributed by atoms with Gasteiger partial charge < -0.3 is 4.90 Å². The van der Waals surface area contributed by atoms with Gasteiger partial charge in [0, 0.05) is 6.54 Å². The van der Waals surface area contributed by atoms with E-state index in [4.69, 9.17) is 0 Å². The molecule has 0 amide bonds. The summed E-state index contributed by atoms with van der Waals surface area (Å²) in [6.45, 7) is 6.76. The zero-order valence-electron chi connectivity index (χ0n) is 17.3. The molecule has 0 saturated carbocycles. The first-order valence-corrected chi connectivity index (χ1v) is 11.1. The van der Waals surface area contributed by atoms with Crippen LogP contribution >= 0.6 is 0 Å². The third-order valence-corrected chi connectivity index (χ3v) is 5.05. The van der Waals surface area contributed by atoms with Gasteiger partial charge in [0.15, 0.2) is 0 Å². The van der Waals surface area contributed by atoms with E-state index in [-0.39, 0.29) is 0 Å². The molecule has 0 N–H and O–H groups in total. The summed E-state index contributed by atoms with van der Waals surface area (Å²) in [6.07, 6.45) is 27.6. The van der Waals surface area contributed by atoms with E-state index in [0.717, 1.165) is 6.54 Å². The molecule has 24 heavy (non-hydrogen) atoms. The Morgan fingerprint density at radius 2 is 0.958 bits per heavy atom. The molecule has 0 fully saturated rings. The van der Waals surface area contributed by atoms with Crippen molar-refractivity contribution in [2.45, 2.75) is 117 Å². The largest absolute Gasteiger partial charge is 0.303 e. The Morgan fingerprint density at radius 3 is 1.33 bits per heavy atom. The summed E-state index contributed by atoms with van der Waals surface area (Å²) in [6, 6.07) is 0. The molecule has 0 heterocycles. The monoisotopic (exact) mass is 337 g/mol. The van der Waals surface area contributed by atoms with Crippen LogP contribution in [0, 0.1) is 0 Å². The fourth-order valence-corrected chi connectivity index (χ4v) is 3.31. The van der Waals surface area contributed by atoms with Crippen molar-refractivity contribution in [1.82, 2.24) is 4.90 Å². The van der Waals surface area contributed by atoms with Crippen molar-refractivity contribution >= 4 is 0 Å². The Kier molecular flexibility index (Phi) is 20.5. The molecule has 0 radical (unpaired) electrons. The molecule has 0 bridgehead atoms. The van der Waals surface area contributed by atoms with E-state index in [1.54, 1.807) is 0 Å². The molecule has 0 unspecified atom stereocenters. The Labute approximate surface area is 154 Å². The van der Waals surface area contributed by atoms with E-state index < -0.39 is 0 Å². The molecule has 0 rings (SSSR count). The number of hydrogen-bond acceptors (Lipinski definition) is 1. The second-order valence-electron chi connectivity index (χ2n) is 7.63. The predicted octanol–water partition coefficient (Wildman–Crippen LogP) is 7.76. The zero-order chi connectivity index (χ0) is 17.7. The molecule has 0 aromatic rings. The van der Waals surface area contributed by atoms with Gasteiger partial charge in [0.1, 0.15) is 0 Å². The Bertz CT molecular complexity index is 246. The lowest BCUT2D eigenvalue weighted by atomic mass is 10.0. The fourth-order valence-electron chi connectivity index (χ4n) is 3.31. The summed E-state index contributed by atoms with van der Waals surface area (Å²) in [5, 5.41) is 0. The van der Waals surface area contributed by atoms with Gasteiger partial charge in [-0.3, -0.25) is 0 Å². The van der Waals surface area contributed by atoms with Gasteiger partial charge in [-0.05, 0) is 26.9 Å². The van der Waals surface area contributed by atoms with Crippen molar-refractivity contribution in [3.63, 3.8) is 0 Å². The predicted molar refractivity (Wildman–Crippen MR) is 112 cm³/mol. The Hall–Kier alpha value is -0.300. The van der Waals surface area contributed by atoms with Crippen LogP contribution in [0.15, 0.2) is 12.2 Å². The van der Waals surface area contributed by atoms with Crippen LogP contribution in [-0.4, -0.2) is 25.0 Å². The minimum absolute atomic E-state index is 1.11. The van der Waals surface area contributed by atoms with Crippen molar-refractivity contribution in [2.24, 2.45) is 0 Å². The van der Waals surface area contributed by atoms with Crippen molar-refractivity contribution in [2.75, 3.05) is 20.1 Å². The van der Waals surface area contributed by atoms with Crippen molar-refractivity contribution in [3.8, 4) is 0 Å². The number of hydrogen-bond donors (Lipinski definition) is 0. The molecular weight excluding hydrogens is 290 g/mol. The Balaban J connectivity index is 3.05. The molecule has 1 nitrogen and oxygen atoms in total. The SMILES string of the molecule is CC=CCN(C)CCCCCCCCCCCCCCCCCC. The lowest BCUT2D eigenvalue weighted by Gasteiger charge is -2.13. The lowest BCUT2D eigenvalue weighted by molar-refractivity contribution is 0.355. The van der Waals surface area contributed by atoms with Gasteiger partial charge in [-0.1, -0.05) is 115 Å². The van der Waals surface area contributed by atoms with E-state index in [2.05, 4.69) is 37.9 Å². The van der Waals surface area contributed by atoms with Crippen LogP contribution in [0.4, 0.5) is 0 Å². The lowest BCUT2D eigenvalue weighted by Crippen LogP contribution is -2.19. The molecule has 0 aromatic heterocycles. The van der Waals surface area contributed by atoms with Gasteiger partial charge in [0.25, 0.3) is 0 Å². The first-order chi connectivity index (χ1) is 11.8. The maximum atomic E-state index is 2.42. The summed E-state index contributed by atoms with van der Waals surface area (Å²) in [7, 11) is 2.23. The van der Waals surface area contributed by atoms with Crippen LogP contribution in [0.3, 0.4) is 0 Å². The maximum absolute atomic E-state index is 2.42. The van der Waals surface area contributed by atoms with Crippen LogP contribution in [0.2, 0.25) is 0 Å². The summed E-state index contributed by atoms with van der Waals surface area (Å²) in [5.74, 6) is 0. The average molecular weight is 338 g/mol. The summed E-state index contributed by atoms with van der Waals surface area (Å²) >= 11 is 0. The number of unbranched alkanes of at least 4 members (excludes halogenated alkanes) is 15. The third kappa shape index (κ3) is 19.7. The second kappa shape index (κ2) is 20.7. The van der Waals surface area contributed by atoms with Crippen LogP contribution in [0.1, 0.15) is 117 Å². The Morgan fingerprint density at radius 1 is 0.583 bits per heavy atom. The molecule has 0 aromatic carbocycles. The van der Waals surface area contributed by atoms with Crippen LogP contribution in [0.5, 0.6) is 0 Å². The van der Waals surface area contributed by atoms with E-state index >= 15 is 0 Å². The quantitative estimate of drug-likeness (QED) is 0.172. The molecule has 1 heteroatoms. The fraction of sp³-hybridized carbons (Fsp3) is 0.913. The third-order valence-electron chi connectivity index (χ3n) is 5.05. The minimum atomic E-state index is 1.11. The highest BCUT2D eigenvalue weighted by molar-refractivity contribution is 4.79. The van der Waals surface area contributed by atoms with Gasteiger partial charge in [-0.2, -0.15) is 0 Å². The van der Waals surface area contributed by atoms with Gasteiger partial charge >= 0.3 is 0 Å². The highest BCUT2D eigenvalue weighted by atomic mass is 15.1. The molecule has 0 spiro atoms. The van der Waals surface area contributed by atoms with Gasteiger partial charge in [-0.15, -0.1) is 0 Å². The molecule has 0 aliphatic heterocycles. The average Bonchev–Trinajstić information content (AvgIpc) is 2.59. The van der Waals surface area contributed by atoms with Crippen LogP contribution < -0.4 is 0 Å². The van der Waals surface area contributed by atoms with Crippen molar-refractivity contribution in [3.05, 3.63) is 12.2 Å². The highest BCUT2D eigenvalue weighted by Gasteiger charge is 1.96. The smallest absolute Gasteiger partial charge is 0.0160 e. The maximum Gasteiger partial charge on any atom is 0.0160 e. The number of likely N-dealkylation sites (N-methyl/N-ethyl adjacent to an activating group) is 1. The standard InChI is InChI=1S/C23H47N/c1-4-6-8-9-10-11-12-13-14-15-16-17-18-19-20-21-23-24(3)22-7-5-2/h5,7H,4,6,8-23H2,1-3H3. The van der Waals surface area contributed by atoms with Crippen molar-refractivity contribution < 1.29 is 0 Å². The van der Waals surface area contributed by atoms with Gasteiger partial charge in [-0.25, -0.2) is 0 Å². The zero-order valence-corrected chi connectivity index (χ0v) is 17.3. The molecule has 0 atom stereocenters. The first-order valence-electron chi connectivity index (χ1n) is 11.1. The number of nitrogens with zero attached hydrogens (tertiary/aromatic N) is 1. The van der Waals surface area contributed by atoms with E-state index in [0.29, 0.717) is 0 Å². The summed E-state index contributed by atoms with van der Waals surface area (Å²) in [4.78, 5) is 2.42. The normalized spacial score (nSPS) is 11.8. The topological polar surface area (TPSA) is 3.24 Å². The molecule has 0 saturated heterocycles. The van der Waals surface area contributed by atoms with E-state index in [9.17, 15) is 0 Å². The summed E-state index contributed by atoms with van der Waals surface area (Å²) in [5.41, 5.74) is 0. The molecular formula is C23H47N. The summed E-state index contributed by atoms with van der Waals surface area (Å²) < 4.78 is 0. The van der Waals surface area contributed by atoms with Gasteiger partial charge in [0.2, 0.25) is 0 Å². The highest BCUT2D eigenvalue weighted by Crippen LogP contribution is 2.13. The van der Waals surface area contributed by atoms with E-state index in [1.807, 2.05) is 0 Å². The first kappa shape index (κ1) is 23.7. The van der Waals surface area contributed by atoms with Gasteiger partial charge in [0.05, 0.1) is 0 Å². The van der Waals surface area contributed by atoms with E-state index in [1.165, 1.54) is 109 Å². The molecule has 0 aliphatic rings. The second-order valence-corrected chi connectivity index (χ2v) is 7.63. The number of rotatable bonds is 19. The van der Waals surface area contributed by atoms with Crippen molar-refractivity contribution in [1.29, 1.82) is 0 Å². The molecule has 0 aliphatic carbocycles. The number of allylic oxidation sites excluding steroid dienone is 1. The van der Waals surface area contributed by atoms with Crippen LogP contribution in [0.25, 0.3) is 0 Å². The minimum Gasteiger partial charge on any atom is -0.303 e. The van der Waals surface area contributed by atoms with Crippen LogP contribution in [-0.2, 0) is 0 Å². The molecule has 144 valence electrons.